The standard InChI is InChI=1S/C13H21BrN2O2/c1-4-16-10(12(14)8(2)15-16)7-11(17)13(18-3)9-5-6-9/h9,11,13,17H,4-7H2,1-3H3. The summed E-state index contributed by atoms with van der Waals surface area (Å²) in [6.07, 6.45) is 2.42. The molecule has 0 spiro atoms. The fraction of sp³-hybridized carbons (Fsp3) is 0.769. The van der Waals surface area contributed by atoms with Gasteiger partial charge in [0.05, 0.1) is 28.1 Å². The second-order valence-electron chi connectivity index (χ2n) is 4.97. The second-order valence-corrected chi connectivity index (χ2v) is 5.76. The van der Waals surface area contributed by atoms with E-state index in [1.165, 1.54) is 12.8 Å². The van der Waals surface area contributed by atoms with E-state index >= 15 is 0 Å². The van der Waals surface area contributed by atoms with Gasteiger partial charge < -0.3 is 9.84 Å². The molecule has 0 radical (unpaired) electrons. The largest absolute Gasteiger partial charge is 0.390 e. The van der Waals surface area contributed by atoms with Crippen LogP contribution in [0.15, 0.2) is 4.47 Å². The number of hydrogen-bond acceptors (Lipinski definition) is 3. The van der Waals surface area contributed by atoms with Crippen LogP contribution in [0.1, 0.15) is 31.2 Å². The van der Waals surface area contributed by atoms with E-state index in [2.05, 4.69) is 28.0 Å². The van der Waals surface area contributed by atoms with E-state index in [1.54, 1.807) is 7.11 Å². The van der Waals surface area contributed by atoms with Crippen molar-refractivity contribution in [2.24, 2.45) is 5.92 Å². The van der Waals surface area contributed by atoms with E-state index in [-0.39, 0.29) is 6.10 Å². The lowest BCUT2D eigenvalue weighted by Crippen LogP contribution is -2.32. The fourth-order valence-electron chi connectivity index (χ4n) is 2.47. The van der Waals surface area contributed by atoms with Crippen LogP contribution in [-0.4, -0.2) is 34.2 Å². The van der Waals surface area contributed by atoms with Crippen molar-refractivity contribution in [3.8, 4) is 0 Å². The number of ether oxygens (including phenoxy) is 1. The first-order chi connectivity index (χ1) is 8.58. The third-order valence-electron chi connectivity index (χ3n) is 3.59. The van der Waals surface area contributed by atoms with Crippen molar-refractivity contribution in [2.75, 3.05) is 7.11 Å². The van der Waals surface area contributed by atoms with Crippen molar-refractivity contribution < 1.29 is 9.84 Å². The molecule has 18 heavy (non-hydrogen) atoms. The van der Waals surface area contributed by atoms with Gasteiger partial charge in [0.25, 0.3) is 0 Å². The van der Waals surface area contributed by atoms with E-state index in [4.69, 9.17) is 4.74 Å². The highest BCUT2D eigenvalue weighted by molar-refractivity contribution is 9.10. The van der Waals surface area contributed by atoms with Gasteiger partial charge in [-0.1, -0.05) is 0 Å². The van der Waals surface area contributed by atoms with Crippen molar-refractivity contribution >= 4 is 15.9 Å². The van der Waals surface area contributed by atoms with Crippen LogP contribution in [-0.2, 0) is 17.7 Å². The van der Waals surface area contributed by atoms with Gasteiger partial charge in [0.15, 0.2) is 0 Å². The first kappa shape index (κ1) is 14.0. The lowest BCUT2D eigenvalue weighted by molar-refractivity contribution is -0.0246. The number of aliphatic hydroxyl groups is 1. The predicted octanol–water partition coefficient (Wildman–Crippen LogP) is 2.30. The topological polar surface area (TPSA) is 47.3 Å². The molecule has 0 bridgehead atoms. The maximum Gasteiger partial charge on any atom is 0.0862 e. The molecular formula is C13H21BrN2O2. The Morgan fingerprint density at radius 2 is 2.22 bits per heavy atom. The van der Waals surface area contributed by atoms with Crippen molar-refractivity contribution in [3.63, 3.8) is 0 Å². The molecule has 1 saturated carbocycles. The lowest BCUT2D eigenvalue weighted by atomic mass is 10.0. The van der Waals surface area contributed by atoms with Crippen LogP contribution in [0.25, 0.3) is 0 Å². The molecule has 2 atom stereocenters. The quantitative estimate of drug-likeness (QED) is 0.876. The van der Waals surface area contributed by atoms with E-state index in [0.29, 0.717) is 12.3 Å². The first-order valence-corrected chi connectivity index (χ1v) is 7.30. The molecule has 1 aliphatic carbocycles. The summed E-state index contributed by atoms with van der Waals surface area (Å²) in [5.74, 6) is 0.530. The highest BCUT2D eigenvalue weighted by Crippen LogP contribution is 2.36. The molecule has 1 aliphatic rings. The monoisotopic (exact) mass is 316 g/mol. The summed E-state index contributed by atoms with van der Waals surface area (Å²) in [5.41, 5.74) is 2.03. The number of aryl methyl sites for hydroxylation is 2. The highest BCUT2D eigenvalue weighted by atomic mass is 79.9. The van der Waals surface area contributed by atoms with Gasteiger partial charge >= 0.3 is 0 Å². The molecule has 0 aliphatic heterocycles. The molecule has 0 amide bonds. The van der Waals surface area contributed by atoms with E-state index in [1.807, 2.05) is 11.6 Å². The summed E-state index contributed by atoms with van der Waals surface area (Å²) in [6.45, 7) is 4.85. The van der Waals surface area contributed by atoms with Gasteiger partial charge in [-0.3, -0.25) is 4.68 Å². The van der Waals surface area contributed by atoms with E-state index in [0.717, 1.165) is 22.4 Å². The molecule has 102 valence electrons. The van der Waals surface area contributed by atoms with Crippen LogP contribution in [0.3, 0.4) is 0 Å². The summed E-state index contributed by atoms with van der Waals surface area (Å²) < 4.78 is 8.39. The molecular weight excluding hydrogens is 296 g/mol. The highest BCUT2D eigenvalue weighted by Gasteiger charge is 2.36. The van der Waals surface area contributed by atoms with Crippen molar-refractivity contribution in [1.82, 2.24) is 9.78 Å². The Balaban J connectivity index is 2.12. The summed E-state index contributed by atoms with van der Waals surface area (Å²) in [6, 6.07) is 0. The van der Waals surface area contributed by atoms with Crippen LogP contribution in [0.5, 0.6) is 0 Å². The SMILES string of the molecule is CCn1nc(C)c(Br)c1CC(O)C(OC)C1CC1. The third-order valence-corrected chi connectivity index (χ3v) is 4.62. The molecule has 0 saturated heterocycles. The smallest absolute Gasteiger partial charge is 0.0862 e. The maximum absolute atomic E-state index is 10.3. The van der Waals surface area contributed by atoms with E-state index < -0.39 is 6.10 Å². The summed E-state index contributed by atoms with van der Waals surface area (Å²) in [4.78, 5) is 0. The average molecular weight is 317 g/mol. The molecule has 1 fully saturated rings. The molecule has 2 rings (SSSR count). The number of halogens is 1. The van der Waals surface area contributed by atoms with Gasteiger partial charge in [-0.05, 0) is 48.5 Å². The van der Waals surface area contributed by atoms with Crippen LogP contribution in [0.4, 0.5) is 0 Å². The van der Waals surface area contributed by atoms with Crippen LogP contribution < -0.4 is 0 Å². The predicted molar refractivity (Wildman–Crippen MR) is 73.6 cm³/mol. The number of aromatic nitrogens is 2. The zero-order chi connectivity index (χ0) is 13.3. The van der Waals surface area contributed by atoms with Gasteiger partial charge in [0.1, 0.15) is 0 Å². The zero-order valence-electron chi connectivity index (χ0n) is 11.2. The van der Waals surface area contributed by atoms with Gasteiger partial charge in [0.2, 0.25) is 0 Å². The Morgan fingerprint density at radius 3 is 2.72 bits per heavy atom. The summed E-state index contributed by atoms with van der Waals surface area (Å²) in [7, 11) is 1.68. The Kier molecular flexibility index (Phi) is 4.45. The van der Waals surface area contributed by atoms with E-state index in [9.17, 15) is 5.11 Å². The van der Waals surface area contributed by atoms with Crippen LogP contribution >= 0.6 is 15.9 Å². The number of hydrogen-bond donors (Lipinski definition) is 1. The van der Waals surface area contributed by atoms with Crippen LogP contribution in [0, 0.1) is 12.8 Å². The van der Waals surface area contributed by atoms with Gasteiger partial charge in [-0.15, -0.1) is 0 Å². The normalized spacial score (nSPS) is 18.9. The molecule has 1 aromatic heterocycles. The summed E-state index contributed by atoms with van der Waals surface area (Å²) in [5, 5.41) is 14.8. The number of aliphatic hydroxyl groups excluding tert-OH is 1. The second kappa shape index (κ2) is 5.72. The summed E-state index contributed by atoms with van der Waals surface area (Å²) >= 11 is 3.56. The van der Waals surface area contributed by atoms with Crippen molar-refractivity contribution in [2.45, 2.75) is 51.9 Å². The Labute approximate surface area is 116 Å². The zero-order valence-corrected chi connectivity index (χ0v) is 12.8. The van der Waals surface area contributed by atoms with Crippen LogP contribution in [0.2, 0.25) is 0 Å². The van der Waals surface area contributed by atoms with Crippen molar-refractivity contribution in [1.29, 1.82) is 0 Å². The van der Waals surface area contributed by atoms with Gasteiger partial charge in [-0.2, -0.15) is 5.10 Å². The third kappa shape index (κ3) is 2.78. The minimum atomic E-state index is -0.458. The molecule has 0 aromatic carbocycles. The Bertz CT molecular complexity index is 415. The maximum atomic E-state index is 10.3. The number of methoxy groups -OCH3 is 1. The van der Waals surface area contributed by atoms with Gasteiger partial charge in [0, 0.05) is 20.1 Å². The number of nitrogens with zero attached hydrogens (tertiary/aromatic N) is 2. The molecule has 1 heterocycles. The Hall–Kier alpha value is -0.390. The van der Waals surface area contributed by atoms with Crippen molar-refractivity contribution in [3.05, 3.63) is 15.9 Å². The number of rotatable bonds is 6. The molecule has 2 unspecified atom stereocenters. The molecule has 5 heteroatoms. The Morgan fingerprint density at radius 1 is 1.56 bits per heavy atom. The molecule has 1 aromatic rings. The fourth-order valence-corrected chi connectivity index (χ4v) is 2.91. The molecule has 4 nitrogen and oxygen atoms in total. The first-order valence-electron chi connectivity index (χ1n) is 6.51. The molecule has 1 N–H and O–H groups in total. The van der Waals surface area contributed by atoms with Gasteiger partial charge in [-0.25, -0.2) is 0 Å². The minimum absolute atomic E-state index is 0.0441. The minimum Gasteiger partial charge on any atom is -0.390 e. The lowest BCUT2D eigenvalue weighted by Gasteiger charge is -2.21. The average Bonchev–Trinajstić information content (AvgIpc) is 3.13.